The second kappa shape index (κ2) is 6.78. The molecule has 1 aromatic rings. The molecule has 0 aliphatic heterocycles. The molecule has 0 aliphatic carbocycles. The Bertz CT molecular complexity index is 460. The van der Waals surface area contributed by atoms with Crippen LogP contribution in [-0.4, -0.2) is 30.1 Å². The van der Waals surface area contributed by atoms with Gasteiger partial charge in [-0.3, -0.25) is 9.59 Å². The van der Waals surface area contributed by atoms with Crippen LogP contribution < -0.4 is 10.6 Å². The lowest BCUT2D eigenvalue weighted by atomic mass is 10.1. The molecule has 5 heteroatoms. The van der Waals surface area contributed by atoms with Gasteiger partial charge in [-0.2, -0.15) is 0 Å². The van der Waals surface area contributed by atoms with E-state index >= 15 is 0 Å². The highest BCUT2D eigenvalue weighted by Gasteiger charge is 2.17. The van der Waals surface area contributed by atoms with Gasteiger partial charge in [-0.1, -0.05) is 25.1 Å². The zero-order valence-corrected chi connectivity index (χ0v) is 11.3. The number of anilines is 1. The summed E-state index contributed by atoms with van der Waals surface area (Å²) < 4.78 is 0. The number of nitrogens with zero attached hydrogens (tertiary/aromatic N) is 1. The number of carbonyl (C=O) groups excluding carboxylic acids is 1. The molecule has 0 saturated carbocycles. The van der Waals surface area contributed by atoms with Crippen molar-refractivity contribution in [1.29, 1.82) is 0 Å². The third-order valence-electron chi connectivity index (χ3n) is 3.03. The Morgan fingerprint density at radius 1 is 1.37 bits per heavy atom. The van der Waals surface area contributed by atoms with Gasteiger partial charge >= 0.3 is 5.97 Å². The summed E-state index contributed by atoms with van der Waals surface area (Å²) in [6, 6.07) is 7.69. The Hall–Kier alpha value is -2.04. The van der Waals surface area contributed by atoms with Crippen LogP contribution in [0.15, 0.2) is 24.3 Å². The van der Waals surface area contributed by atoms with Gasteiger partial charge in [0, 0.05) is 18.8 Å². The molecule has 19 heavy (non-hydrogen) atoms. The van der Waals surface area contributed by atoms with E-state index in [2.05, 4.69) is 0 Å². The number of hydrogen-bond acceptors (Lipinski definition) is 3. The molecule has 0 heterocycles. The van der Waals surface area contributed by atoms with Crippen LogP contribution in [0.4, 0.5) is 5.69 Å². The lowest BCUT2D eigenvalue weighted by molar-refractivity contribution is -0.136. The summed E-state index contributed by atoms with van der Waals surface area (Å²) in [5, 5.41) is 8.80. The van der Waals surface area contributed by atoms with Crippen LogP contribution in [0, 0.1) is 12.8 Å². The Kier molecular flexibility index (Phi) is 5.36. The van der Waals surface area contributed by atoms with Crippen LogP contribution in [0.5, 0.6) is 0 Å². The van der Waals surface area contributed by atoms with Crippen molar-refractivity contribution < 1.29 is 14.7 Å². The zero-order valence-electron chi connectivity index (χ0n) is 11.3. The molecule has 1 aromatic carbocycles. The second-order valence-corrected chi connectivity index (χ2v) is 4.68. The maximum Gasteiger partial charge on any atom is 0.305 e. The topological polar surface area (TPSA) is 83.6 Å². The van der Waals surface area contributed by atoms with E-state index in [1.807, 2.05) is 36.1 Å². The first kappa shape index (κ1) is 15.0. The molecule has 1 rings (SSSR count). The fraction of sp³-hybridized carbons (Fsp3) is 0.429. The Morgan fingerprint density at radius 3 is 2.53 bits per heavy atom. The average Bonchev–Trinajstić information content (AvgIpc) is 2.34. The lowest BCUT2D eigenvalue weighted by Gasteiger charge is -2.27. The molecule has 5 nitrogen and oxygen atoms in total. The van der Waals surface area contributed by atoms with E-state index in [1.165, 1.54) is 0 Å². The van der Waals surface area contributed by atoms with Crippen molar-refractivity contribution in [2.24, 2.45) is 11.7 Å². The van der Waals surface area contributed by atoms with Crippen LogP contribution in [0.3, 0.4) is 0 Å². The predicted molar refractivity (Wildman–Crippen MR) is 74.0 cm³/mol. The Labute approximate surface area is 113 Å². The SMILES string of the molecule is Cc1ccccc1N(CCC(=O)O)CC(C)C(N)=O. The molecule has 0 radical (unpaired) electrons. The van der Waals surface area contributed by atoms with E-state index in [4.69, 9.17) is 10.8 Å². The Morgan fingerprint density at radius 2 is 2.00 bits per heavy atom. The summed E-state index contributed by atoms with van der Waals surface area (Å²) in [6.45, 7) is 4.48. The molecule has 0 saturated heterocycles. The minimum absolute atomic E-state index is 0.0276. The van der Waals surface area contributed by atoms with E-state index in [9.17, 15) is 9.59 Å². The summed E-state index contributed by atoms with van der Waals surface area (Å²) in [6.07, 6.45) is 0.0276. The average molecular weight is 264 g/mol. The molecule has 1 atom stereocenters. The van der Waals surface area contributed by atoms with Gasteiger partial charge in [0.2, 0.25) is 5.91 Å². The number of aryl methyl sites for hydroxylation is 1. The van der Waals surface area contributed by atoms with Gasteiger partial charge in [-0.15, -0.1) is 0 Å². The number of amides is 1. The van der Waals surface area contributed by atoms with Gasteiger partial charge in [-0.05, 0) is 18.6 Å². The lowest BCUT2D eigenvalue weighted by Crippen LogP contribution is -2.36. The van der Waals surface area contributed by atoms with Crippen LogP contribution in [0.25, 0.3) is 0 Å². The number of rotatable bonds is 7. The summed E-state index contributed by atoms with van der Waals surface area (Å²) in [5.74, 6) is -1.56. The number of para-hydroxylation sites is 1. The fourth-order valence-corrected chi connectivity index (χ4v) is 1.88. The number of primary amides is 1. The Balaban J connectivity index is 2.88. The molecule has 0 aliphatic rings. The zero-order chi connectivity index (χ0) is 14.4. The van der Waals surface area contributed by atoms with Gasteiger partial charge in [0.15, 0.2) is 0 Å². The molecule has 3 N–H and O–H groups in total. The smallest absolute Gasteiger partial charge is 0.305 e. The van der Waals surface area contributed by atoms with Gasteiger partial charge < -0.3 is 15.7 Å². The van der Waals surface area contributed by atoms with Crippen molar-refractivity contribution >= 4 is 17.6 Å². The van der Waals surface area contributed by atoms with Crippen LogP contribution in [-0.2, 0) is 9.59 Å². The summed E-state index contributed by atoms with van der Waals surface area (Å²) >= 11 is 0. The predicted octanol–water partition coefficient (Wildman–Crippen LogP) is 1.40. The van der Waals surface area contributed by atoms with Gasteiger partial charge in [0.1, 0.15) is 0 Å². The molecule has 0 aromatic heterocycles. The van der Waals surface area contributed by atoms with E-state index in [0.29, 0.717) is 13.1 Å². The van der Waals surface area contributed by atoms with Crippen LogP contribution in [0.2, 0.25) is 0 Å². The highest BCUT2D eigenvalue weighted by atomic mass is 16.4. The van der Waals surface area contributed by atoms with Gasteiger partial charge in [0.25, 0.3) is 0 Å². The van der Waals surface area contributed by atoms with E-state index < -0.39 is 5.97 Å². The van der Waals surface area contributed by atoms with Crippen molar-refractivity contribution in [3.05, 3.63) is 29.8 Å². The van der Waals surface area contributed by atoms with Crippen LogP contribution >= 0.6 is 0 Å². The third kappa shape index (κ3) is 4.62. The minimum atomic E-state index is -0.856. The van der Waals surface area contributed by atoms with Crippen molar-refractivity contribution in [2.45, 2.75) is 20.3 Å². The van der Waals surface area contributed by atoms with Crippen molar-refractivity contribution in [3.8, 4) is 0 Å². The monoisotopic (exact) mass is 264 g/mol. The largest absolute Gasteiger partial charge is 0.481 e. The number of carboxylic acid groups (broad SMARTS) is 1. The maximum atomic E-state index is 11.2. The maximum absolute atomic E-state index is 11.2. The molecular weight excluding hydrogens is 244 g/mol. The quantitative estimate of drug-likeness (QED) is 0.779. The molecule has 0 fully saturated rings. The molecule has 104 valence electrons. The number of aliphatic carboxylic acids is 1. The molecule has 1 amide bonds. The van der Waals surface area contributed by atoms with Crippen molar-refractivity contribution in [3.63, 3.8) is 0 Å². The molecule has 0 spiro atoms. The summed E-state index contributed by atoms with van der Waals surface area (Å²) in [7, 11) is 0. The second-order valence-electron chi connectivity index (χ2n) is 4.68. The van der Waals surface area contributed by atoms with E-state index in [1.54, 1.807) is 6.92 Å². The van der Waals surface area contributed by atoms with E-state index in [-0.39, 0.29) is 18.2 Å². The normalized spacial score (nSPS) is 11.9. The number of hydrogen-bond donors (Lipinski definition) is 2. The standard InChI is InChI=1S/C14H20N2O3/c1-10-5-3-4-6-12(10)16(8-7-13(17)18)9-11(2)14(15)19/h3-6,11H,7-9H2,1-2H3,(H2,15,19)(H,17,18). The van der Waals surface area contributed by atoms with Crippen molar-refractivity contribution in [2.75, 3.05) is 18.0 Å². The number of carbonyl (C=O) groups is 2. The van der Waals surface area contributed by atoms with Crippen LogP contribution in [0.1, 0.15) is 18.9 Å². The minimum Gasteiger partial charge on any atom is -0.481 e. The van der Waals surface area contributed by atoms with Crippen molar-refractivity contribution in [1.82, 2.24) is 0 Å². The molecular formula is C14H20N2O3. The summed E-state index contributed by atoms with van der Waals surface area (Å²) in [5.41, 5.74) is 7.26. The molecule has 0 bridgehead atoms. The number of carboxylic acids is 1. The highest BCUT2D eigenvalue weighted by molar-refractivity contribution is 5.77. The first-order valence-corrected chi connectivity index (χ1v) is 6.23. The highest BCUT2D eigenvalue weighted by Crippen LogP contribution is 2.20. The van der Waals surface area contributed by atoms with Gasteiger partial charge in [-0.25, -0.2) is 0 Å². The summed E-state index contributed by atoms with van der Waals surface area (Å²) in [4.78, 5) is 23.8. The first-order chi connectivity index (χ1) is 8.91. The van der Waals surface area contributed by atoms with E-state index in [0.717, 1.165) is 11.3 Å². The first-order valence-electron chi connectivity index (χ1n) is 6.23. The number of nitrogens with two attached hydrogens (primary N) is 1. The fourth-order valence-electron chi connectivity index (χ4n) is 1.88. The molecule has 1 unspecified atom stereocenters. The number of benzene rings is 1. The van der Waals surface area contributed by atoms with Gasteiger partial charge in [0.05, 0.1) is 12.3 Å². The third-order valence-corrected chi connectivity index (χ3v) is 3.03.